The molecule has 0 bridgehead atoms. The topological polar surface area (TPSA) is 64.1 Å². The molecule has 0 aliphatic heterocycles. The van der Waals surface area contributed by atoms with Crippen molar-refractivity contribution >= 4 is 0 Å². The summed E-state index contributed by atoms with van der Waals surface area (Å²) in [6.07, 6.45) is 4.27. The van der Waals surface area contributed by atoms with Crippen LogP contribution in [0.2, 0.25) is 0 Å². The Labute approximate surface area is 97.5 Å². The monoisotopic (exact) mass is 225 g/mol. The molecule has 0 aliphatic carbocycles. The summed E-state index contributed by atoms with van der Waals surface area (Å²) >= 11 is 0. The van der Waals surface area contributed by atoms with Crippen LogP contribution in [0.1, 0.15) is 44.9 Å². The number of nitrogens with zero attached hydrogens (tertiary/aromatic N) is 2. The van der Waals surface area contributed by atoms with Crippen LogP contribution in [0.15, 0.2) is 12.3 Å². The first-order chi connectivity index (χ1) is 7.74. The van der Waals surface area contributed by atoms with Gasteiger partial charge < -0.3 is 10.8 Å². The molecular weight excluding hydrogens is 202 g/mol. The minimum Gasteiger partial charge on any atom is -0.386 e. The highest BCUT2D eigenvalue weighted by Gasteiger charge is 2.21. The summed E-state index contributed by atoms with van der Waals surface area (Å²) in [5.41, 5.74) is 6.59. The molecule has 3 N–H and O–H groups in total. The van der Waals surface area contributed by atoms with E-state index >= 15 is 0 Å². The van der Waals surface area contributed by atoms with Crippen molar-refractivity contribution in [3.63, 3.8) is 0 Å². The lowest BCUT2D eigenvalue weighted by molar-refractivity contribution is 0.0973. The van der Waals surface area contributed by atoms with Crippen LogP contribution in [0.3, 0.4) is 0 Å². The van der Waals surface area contributed by atoms with Crippen molar-refractivity contribution in [3.05, 3.63) is 18.0 Å². The van der Waals surface area contributed by atoms with Gasteiger partial charge in [0.15, 0.2) is 0 Å². The predicted molar refractivity (Wildman–Crippen MR) is 64.9 cm³/mol. The summed E-state index contributed by atoms with van der Waals surface area (Å²) in [6.45, 7) is 5.58. The molecule has 0 spiro atoms. The minimum absolute atomic E-state index is 0.136. The number of hydrogen-bond donors (Lipinski definition) is 2. The fraction of sp³-hybridized carbons (Fsp3) is 0.750. The Kier molecular flexibility index (Phi) is 5.49. The fourth-order valence-corrected chi connectivity index (χ4v) is 2.01. The highest BCUT2D eigenvalue weighted by Crippen LogP contribution is 2.24. The van der Waals surface area contributed by atoms with Gasteiger partial charge in [0.1, 0.15) is 0 Å². The summed E-state index contributed by atoms with van der Waals surface area (Å²) in [4.78, 5) is 0. The maximum atomic E-state index is 10.3. The Bertz CT molecular complexity index is 298. The molecule has 0 amide bonds. The van der Waals surface area contributed by atoms with Gasteiger partial charge in [-0.25, -0.2) is 0 Å². The Morgan fingerprint density at radius 1 is 1.44 bits per heavy atom. The second kappa shape index (κ2) is 6.66. The van der Waals surface area contributed by atoms with E-state index in [0.29, 0.717) is 6.54 Å². The molecule has 0 saturated heterocycles. The third kappa shape index (κ3) is 3.06. The zero-order chi connectivity index (χ0) is 12.0. The first-order valence-electron chi connectivity index (χ1n) is 6.14. The molecular formula is C12H23N3O. The van der Waals surface area contributed by atoms with Gasteiger partial charge in [-0.3, -0.25) is 4.68 Å². The average Bonchev–Trinajstić information content (AvgIpc) is 2.73. The largest absolute Gasteiger partial charge is 0.386 e. The minimum atomic E-state index is -0.487. The number of aromatic nitrogens is 2. The summed E-state index contributed by atoms with van der Waals surface area (Å²) in [5.74, 6) is 0.136. The molecule has 1 aromatic heterocycles. The van der Waals surface area contributed by atoms with Gasteiger partial charge in [-0.1, -0.05) is 20.3 Å². The lowest BCUT2D eigenvalue weighted by Gasteiger charge is -2.21. The van der Waals surface area contributed by atoms with Gasteiger partial charge in [-0.05, 0) is 25.5 Å². The molecule has 2 unspecified atom stereocenters. The van der Waals surface area contributed by atoms with Gasteiger partial charge in [0.05, 0.1) is 11.8 Å². The van der Waals surface area contributed by atoms with E-state index in [2.05, 4.69) is 18.9 Å². The molecule has 4 nitrogen and oxygen atoms in total. The standard InChI is InChI=1S/C12H23N3O/c1-3-5-10(9-13)12(16)11-6-7-14-15(11)8-4-2/h6-7,10,12,16H,3-5,8-9,13H2,1-2H3. The van der Waals surface area contributed by atoms with Crippen molar-refractivity contribution in [1.82, 2.24) is 9.78 Å². The Hall–Kier alpha value is -0.870. The number of nitrogens with two attached hydrogens (primary N) is 1. The molecule has 2 atom stereocenters. The van der Waals surface area contributed by atoms with E-state index in [-0.39, 0.29) is 5.92 Å². The van der Waals surface area contributed by atoms with Gasteiger partial charge in [0.2, 0.25) is 0 Å². The molecule has 1 rings (SSSR count). The predicted octanol–water partition coefficient (Wildman–Crippen LogP) is 1.70. The Morgan fingerprint density at radius 3 is 2.75 bits per heavy atom. The van der Waals surface area contributed by atoms with Crippen molar-refractivity contribution in [1.29, 1.82) is 0 Å². The molecule has 1 aromatic rings. The summed E-state index contributed by atoms with van der Waals surface area (Å²) in [5, 5.41) is 14.5. The average molecular weight is 225 g/mol. The lowest BCUT2D eigenvalue weighted by atomic mass is 9.95. The zero-order valence-corrected chi connectivity index (χ0v) is 10.3. The van der Waals surface area contributed by atoms with Crippen molar-refractivity contribution in [2.75, 3.05) is 6.54 Å². The van der Waals surface area contributed by atoms with E-state index in [1.807, 2.05) is 10.7 Å². The lowest BCUT2D eigenvalue weighted by Crippen LogP contribution is -2.24. The highest BCUT2D eigenvalue weighted by atomic mass is 16.3. The molecule has 0 radical (unpaired) electrons. The van der Waals surface area contributed by atoms with Crippen molar-refractivity contribution in [3.8, 4) is 0 Å². The van der Waals surface area contributed by atoms with Gasteiger partial charge in [0.25, 0.3) is 0 Å². The van der Waals surface area contributed by atoms with E-state index in [4.69, 9.17) is 5.73 Å². The number of aryl methyl sites for hydroxylation is 1. The highest BCUT2D eigenvalue weighted by molar-refractivity contribution is 5.06. The Balaban J connectivity index is 2.76. The van der Waals surface area contributed by atoms with E-state index in [1.165, 1.54) is 0 Å². The van der Waals surface area contributed by atoms with Gasteiger partial charge >= 0.3 is 0 Å². The number of aliphatic hydroxyl groups excluding tert-OH is 1. The quantitative estimate of drug-likeness (QED) is 0.742. The maximum Gasteiger partial charge on any atom is 0.0996 e. The van der Waals surface area contributed by atoms with Crippen LogP contribution in [0.4, 0.5) is 0 Å². The summed E-state index contributed by atoms with van der Waals surface area (Å²) in [7, 11) is 0. The Morgan fingerprint density at radius 2 is 2.19 bits per heavy atom. The first kappa shape index (κ1) is 13.2. The van der Waals surface area contributed by atoms with Crippen LogP contribution in [-0.4, -0.2) is 21.4 Å². The van der Waals surface area contributed by atoms with Crippen molar-refractivity contribution in [2.45, 2.75) is 45.8 Å². The molecule has 16 heavy (non-hydrogen) atoms. The summed E-state index contributed by atoms with van der Waals surface area (Å²) in [6, 6.07) is 1.89. The number of aliphatic hydroxyl groups is 1. The molecule has 0 aliphatic rings. The van der Waals surface area contributed by atoms with E-state index in [0.717, 1.165) is 31.5 Å². The first-order valence-corrected chi connectivity index (χ1v) is 6.14. The number of rotatable bonds is 7. The maximum absolute atomic E-state index is 10.3. The molecule has 0 fully saturated rings. The molecule has 0 saturated carbocycles. The van der Waals surface area contributed by atoms with E-state index in [1.54, 1.807) is 6.20 Å². The van der Waals surface area contributed by atoms with Crippen LogP contribution in [-0.2, 0) is 6.54 Å². The smallest absolute Gasteiger partial charge is 0.0996 e. The van der Waals surface area contributed by atoms with Crippen LogP contribution in [0, 0.1) is 5.92 Å². The molecule has 1 heterocycles. The second-order valence-corrected chi connectivity index (χ2v) is 4.21. The van der Waals surface area contributed by atoms with Crippen LogP contribution >= 0.6 is 0 Å². The van der Waals surface area contributed by atoms with E-state index < -0.39 is 6.10 Å². The van der Waals surface area contributed by atoms with Gasteiger partial charge in [-0.2, -0.15) is 5.10 Å². The van der Waals surface area contributed by atoms with Crippen LogP contribution in [0.5, 0.6) is 0 Å². The second-order valence-electron chi connectivity index (χ2n) is 4.21. The SMILES string of the molecule is CCCC(CN)C(O)c1ccnn1CCC. The van der Waals surface area contributed by atoms with Crippen LogP contribution < -0.4 is 5.73 Å². The van der Waals surface area contributed by atoms with Crippen LogP contribution in [0.25, 0.3) is 0 Å². The summed E-state index contributed by atoms with van der Waals surface area (Å²) < 4.78 is 1.88. The third-order valence-corrected chi connectivity index (χ3v) is 2.90. The van der Waals surface area contributed by atoms with E-state index in [9.17, 15) is 5.11 Å². The molecule has 0 aromatic carbocycles. The fourth-order valence-electron chi connectivity index (χ4n) is 2.01. The zero-order valence-electron chi connectivity index (χ0n) is 10.3. The number of hydrogen-bond acceptors (Lipinski definition) is 3. The van der Waals surface area contributed by atoms with Gasteiger partial charge in [-0.15, -0.1) is 0 Å². The van der Waals surface area contributed by atoms with Crippen molar-refractivity contribution < 1.29 is 5.11 Å². The third-order valence-electron chi connectivity index (χ3n) is 2.90. The molecule has 4 heteroatoms. The molecule has 92 valence electrons. The van der Waals surface area contributed by atoms with Crippen molar-refractivity contribution in [2.24, 2.45) is 11.7 Å². The van der Waals surface area contributed by atoms with Gasteiger partial charge in [0, 0.05) is 18.7 Å². The normalized spacial score (nSPS) is 15.0.